The molecule has 0 spiro atoms. The van der Waals surface area contributed by atoms with E-state index in [-0.39, 0.29) is 24.3 Å². The van der Waals surface area contributed by atoms with E-state index in [1.54, 1.807) is 48.5 Å². The number of hydrogen-bond acceptors (Lipinski definition) is 4. The molecule has 7 heteroatoms. The maximum absolute atomic E-state index is 12.2. The molecule has 0 bridgehead atoms. The van der Waals surface area contributed by atoms with E-state index in [1.807, 2.05) is 13.8 Å². The van der Waals surface area contributed by atoms with Gasteiger partial charge in [-0.1, -0.05) is 19.9 Å². The lowest BCUT2D eigenvalue weighted by Gasteiger charge is -2.10. The summed E-state index contributed by atoms with van der Waals surface area (Å²) < 4.78 is 0. The Morgan fingerprint density at radius 2 is 1.45 bits per heavy atom. The third kappa shape index (κ3) is 7.65. The van der Waals surface area contributed by atoms with Crippen molar-refractivity contribution in [2.75, 3.05) is 29.0 Å². The summed E-state index contributed by atoms with van der Waals surface area (Å²) in [5.74, 6) is -0.377. The third-order valence-corrected chi connectivity index (χ3v) is 4.04. The van der Waals surface area contributed by atoms with Gasteiger partial charge in [-0.15, -0.1) is 0 Å². The number of carbonyl (C=O) groups excluding carboxylic acids is 3. The molecule has 0 radical (unpaired) electrons. The van der Waals surface area contributed by atoms with Crippen LogP contribution in [0.2, 0.25) is 0 Å². The lowest BCUT2D eigenvalue weighted by Crippen LogP contribution is -2.24. The van der Waals surface area contributed by atoms with Crippen LogP contribution in [-0.4, -0.2) is 30.8 Å². The van der Waals surface area contributed by atoms with E-state index in [0.717, 1.165) is 18.5 Å². The highest BCUT2D eigenvalue weighted by atomic mass is 16.2. The van der Waals surface area contributed by atoms with Crippen LogP contribution in [0.3, 0.4) is 0 Å². The first-order valence-corrected chi connectivity index (χ1v) is 9.83. The molecule has 7 nitrogen and oxygen atoms in total. The summed E-state index contributed by atoms with van der Waals surface area (Å²) in [4.78, 5) is 35.8. The van der Waals surface area contributed by atoms with Crippen molar-refractivity contribution in [3.8, 4) is 0 Å². The normalized spacial score (nSPS) is 10.1. The zero-order valence-electron chi connectivity index (χ0n) is 16.9. The van der Waals surface area contributed by atoms with Crippen LogP contribution in [0.1, 0.15) is 43.5 Å². The molecule has 0 aliphatic rings. The van der Waals surface area contributed by atoms with Crippen LogP contribution in [0.25, 0.3) is 0 Å². The number of anilines is 3. The summed E-state index contributed by atoms with van der Waals surface area (Å²) in [6.45, 7) is 4.66. The van der Waals surface area contributed by atoms with Gasteiger partial charge in [0.05, 0.1) is 6.54 Å². The van der Waals surface area contributed by atoms with E-state index >= 15 is 0 Å². The van der Waals surface area contributed by atoms with Gasteiger partial charge in [0.2, 0.25) is 11.8 Å². The van der Waals surface area contributed by atoms with E-state index in [9.17, 15) is 14.4 Å². The Hall–Kier alpha value is -3.35. The Morgan fingerprint density at radius 1 is 0.793 bits per heavy atom. The molecule has 2 rings (SSSR count). The van der Waals surface area contributed by atoms with Gasteiger partial charge in [0, 0.05) is 35.6 Å². The van der Waals surface area contributed by atoms with Crippen molar-refractivity contribution >= 4 is 34.8 Å². The fourth-order valence-electron chi connectivity index (χ4n) is 2.59. The third-order valence-electron chi connectivity index (χ3n) is 4.04. The quantitative estimate of drug-likeness (QED) is 0.493. The lowest BCUT2D eigenvalue weighted by atomic mass is 10.2. The van der Waals surface area contributed by atoms with Crippen molar-refractivity contribution in [1.29, 1.82) is 0 Å². The van der Waals surface area contributed by atoms with Gasteiger partial charge in [0.1, 0.15) is 0 Å². The first-order valence-electron chi connectivity index (χ1n) is 9.83. The molecule has 0 atom stereocenters. The zero-order valence-corrected chi connectivity index (χ0v) is 16.9. The SMILES string of the molecule is CCCNC(=O)c1ccc(NCC(=O)Nc2cccc(NC(=O)CCC)c2)cc1. The molecule has 2 aromatic carbocycles. The predicted octanol–water partition coefficient (Wildman–Crippen LogP) is 3.62. The summed E-state index contributed by atoms with van der Waals surface area (Å²) in [6.07, 6.45) is 2.12. The summed E-state index contributed by atoms with van der Waals surface area (Å²) in [7, 11) is 0. The molecule has 4 N–H and O–H groups in total. The van der Waals surface area contributed by atoms with Gasteiger partial charge in [-0.2, -0.15) is 0 Å². The Labute approximate surface area is 171 Å². The molecule has 3 amide bonds. The lowest BCUT2D eigenvalue weighted by molar-refractivity contribution is -0.116. The van der Waals surface area contributed by atoms with Crippen LogP contribution in [0.5, 0.6) is 0 Å². The Morgan fingerprint density at radius 3 is 2.07 bits per heavy atom. The molecule has 0 aliphatic carbocycles. The average Bonchev–Trinajstić information content (AvgIpc) is 2.71. The highest BCUT2D eigenvalue weighted by molar-refractivity contribution is 5.96. The van der Waals surface area contributed by atoms with E-state index in [2.05, 4.69) is 21.3 Å². The van der Waals surface area contributed by atoms with Crippen molar-refractivity contribution in [3.05, 3.63) is 54.1 Å². The number of amides is 3. The van der Waals surface area contributed by atoms with Gasteiger partial charge >= 0.3 is 0 Å². The van der Waals surface area contributed by atoms with Crippen molar-refractivity contribution < 1.29 is 14.4 Å². The standard InChI is InChI=1S/C22H28N4O3/c1-3-6-20(27)25-18-7-5-8-19(14-18)26-21(28)15-24-17-11-9-16(10-12-17)22(29)23-13-4-2/h5,7-12,14,24H,3-4,6,13,15H2,1-2H3,(H,23,29)(H,25,27)(H,26,28). The second kappa shape index (κ2) is 11.5. The van der Waals surface area contributed by atoms with Crippen LogP contribution in [0, 0.1) is 0 Å². The largest absolute Gasteiger partial charge is 0.376 e. The molecule has 154 valence electrons. The van der Waals surface area contributed by atoms with Crippen molar-refractivity contribution in [2.45, 2.75) is 33.1 Å². The summed E-state index contributed by atoms with van der Waals surface area (Å²) in [5, 5.41) is 11.4. The molecule has 0 heterocycles. The van der Waals surface area contributed by atoms with Gasteiger partial charge in [-0.3, -0.25) is 14.4 Å². The number of carbonyl (C=O) groups is 3. The first kappa shape index (κ1) is 21.9. The average molecular weight is 396 g/mol. The van der Waals surface area contributed by atoms with E-state index < -0.39 is 0 Å². The topological polar surface area (TPSA) is 99.3 Å². The molecule has 0 saturated carbocycles. The molecule has 0 aromatic heterocycles. The molecular formula is C22H28N4O3. The van der Waals surface area contributed by atoms with Crippen molar-refractivity contribution in [3.63, 3.8) is 0 Å². The minimum atomic E-state index is -0.216. The zero-order chi connectivity index (χ0) is 21.1. The minimum Gasteiger partial charge on any atom is -0.376 e. The van der Waals surface area contributed by atoms with E-state index in [4.69, 9.17) is 0 Å². The molecule has 0 unspecified atom stereocenters. The van der Waals surface area contributed by atoms with Crippen LogP contribution in [0.4, 0.5) is 17.1 Å². The summed E-state index contributed by atoms with van der Waals surface area (Å²) in [5.41, 5.74) is 2.57. The van der Waals surface area contributed by atoms with Crippen molar-refractivity contribution in [2.24, 2.45) is 0 Å². The van der Waals surface area contributed by atoms with E-state index in [0.29, 0.717) is 29.9 Å². The smallest absolute Gasteiger partial charge is 0.251 e. The van der Waals surface area contributed by atoms with Gasteiger partial charge in [-0.05, 0) is 55.3 Å². The number of nitrogens with one attached hydrogen (secondary N) is 4. The minimum absolute atomic E-state index is 0.0514. The highest BCUT2D eigenvalue weighted by Gasteiger charge is 2.07. The molecule has 0 saturated heterocycles. The van der Waals surface area contributed by atoms with E-state index in [1.165, 1.54) is 0 Å². The summed E-state index contributed by atoms with van der Waals surface area (Å²) in [6, 6.07) is 14.0. The predicted molar refractivity (Wildman–Crippen MR) is 116 cm³/mol. The van der Waals surface area contributed by atoms with Gasteiger partial charge in [0.15, 0.2) is 0 Å². The Kier molecular flexibility index (Phi) is 8.69. The maximum Gasteiger partial charge on any atom is 0.251 e. The van der Waals surface area contributed by atoms with Gasteiger partial charge in [-0.25, -0.2) is 0 Å². The Bertz CT molecular complexity index is 834. The number of rotatable bonds is 10. The summed E-state index contributed by atoms with van der Waals surface area (Å²) >= 11 is 0. The fourth-order valence-corrected chi connectivity index (χ4v) is 2.59. The molecule has 0 aliphatic heterocycles. The van der Waals surface area contributed by atoms with Crippen LogP contribution in [-0.2, 0) is 9.59 Å². The monoisotopic (exact) mass is 396 g/mol. The van der Waals surface area contributed by atoms with Gasteiger partial charge < -0.3 is 21.3 Å². The second-order valence-electron chi connectivity index (χ2n) is 6.61. The highest BCUT2D eigenvalue weighted by Crippen LogP contribution is 2.16. The Balaban J connectivity index is 1.84. The molecule has 29 heavy (non-hydrogen) atoms. The van der Waals surface area contributed by atoms with Crippen molar-refractivity contribution in [1.82, 2.24) is 5.32 Å². The number of benzene rings is 2. The van der Waals surface area contributed by atoms with Crippen LogP contribution < -0.4 is 21.3 Å². The second-order valence-corrected chi connectivity index (χ2v) is 6.61. The molecular weight excluding hydrogens is 368 g/mol. The molecule has 0 fully saturated rings. The first-order chi connectivity index (χ1) is 14.0. The van der Waals surface area contributed by atoms with Gasteiger partial charge in [0.25, 0.3) is 5.91 Å². The fraction of sp³-hybridized carbons (Fsp3) is 0.318. The maximum atomic E-state index is 12.2. The van der Waals surface area contributed by atoms with Crippen LogP contribution in [0.15, 0.2) is 48.5 Å². The number of hydrogen-bond donors (Lipinski definition) is 4. The van der Waals surface area contributed by atoms with Crippen LogP contribution >= 0.6 is 0 Å². The molecule has 2 aromatic rings.